The van der Waals surface area contributed by atoms with Gasteiger partial charge in [-0.3, -0.25) is 4.79 Å². The van der Waals surface area contributed by atoms with Crippen molar-refractivity contribution in [3.8, 4) is 0 Å². The molecule has 0 atom stereocenters. The molecule has 0 saturated heterocycles. The number of hydrogen-bond acceptors (Lipinski definition) is 4. The Morgan fingerprint density at radius 2 is 1.88 bits per heavy atom. The van der Waals surface area contributed by atoms with E-state index in [1.807, 2.05) is 0 Å². The standard InChI is InChI=1S/C10H14N2O4S/c1-11-17(15,16)9-5-3-8(4-6-9)12(2)7-10(13)14/h3-6,11H,7H2,1-2H3,(H,13,14). The van der Waals surface area contributed by atoms with Crippen LogP contribution in [0.1, 0.15) is 0 Å². The number of sulfonamides is 1. The van der Waals surface area contributed by atoms with E-state index >= 15 is 0 Å². The molecule has 0 fully saturated rings. The number of nitrogens with zero attached hydrogens (tertiary/aromatic N) is 1. The Morgan fingerprint density at radius 1 is 1.35 bits per heavy atom. The average Bonchev–Trinajstić information content (AvgIpc) is 2.28. The van der Waals surface area contributed by atoms with Crippen molar-refractivity contribution < 1.29 is 18.3 Å². The predicted octanol–water partition coefficient (Wildman–Crippen LogP) is 0.115. The molecule has 0 saturated carbocycles. The van der Waals surface area contributed by atoms with Crippen molar-refractivity contribution in [1.82, 2.24) is 4.72 Å². The minimum atomic E-state index is -3.45. The van der Waals surface area contributed by atoms with Gasteiger partial charge in [0, 0.05) is 12.7 Å². The molecule has 0 spiro atoms. The zero-order valence-electron chi connectivity index (χ0n) is 9.54. The van der Waals surface area contributed by atoms with E-state index in [2.05, 4.69) is 4.72 Å². The number of rotatable bonds is 5. The molecule has 0 heterocycles. The molecule has 0 amide bonds. The molecule has 0 bridgehead atoms. The summed E-state index contributed by atoms with van der Waals surface area (Å²) in [7, 11) is -0.495. The fraction of sp³-hybridized carbons (Fsp3) is 0.300. The second kappa shape index (κ2) is 5.15. The van der Waals surface area contributed by atoms with Gasteiger partial charge in [-0.15, -0.1) is 0 Å². The van der Waals surface area contributed by atoms with Gasteiger partial charge in [-0.05, 0) is 31.3 Å². The van der Waals surface area contributed by atoms with Crippen LogP contribution >= 0.6 is 0 Å². The largest absolute Gasteiger partial charge is 0.480 e. The first kappa shape index (κ1) is 13.5. The lowest BCUT2D eigenvalue weighted by Gasteiger charge is -2.16. The van der Waals surface area contributed by atoms with Gasteiger partial charge in [0.1, 0.15) is 6.54 Å². The summed E-state index contributed by atoms with van der Waals surface area (Å²) in [6.45, 7) is -0.141. The van der Waals surface area contributed by atoms with E-state index in [4.69, 9.17) is 5.11 Å². The molecule has 0 radical (unpaired) electrons. The molecule has 1 aromatic carbocycles. The van der Waals surface area contributed by atoms with Crippen molar-refractivity contribution in [2.24, 2.45) is 0 Å². The van der Waals surface area contributed by atoms with Crippen LogP contribution in [0.3, 0.4) is 0 Å². The lowest BCUT2D eigenvalue weighted by atomic mass is 10.3. The Bertz CT molecular complexity index is 496. The fourth-order valence-electron chi connectivity index (χ4n) is 1.29. The van der Waals surface area contributed by atoms with Gasteiger partial charge in [0.2, 0.25) is 10.0 Å². The number of carboxylic acids is 1. The van der Waals surface area contributed by atoms with Gasteiger partial charge in [0.25, 0.3) is 0 Å². The van der Waals surface area contributed by atoms with Crippen molar-refractivity contribution in [2.45, 2.75) is 4.90 Å². The van der Waals surface area contributed by atoms with Crippen molar-refractivity contribution in [2.75, 3.05) is 25.5 Å². The smallest absolute Gasteiger partial charge is 0.323 e. The average molecular weight is 258 g/mol. The van der Waals surface area contributed by atoms with E-state index in [1.54, 1.807) is 19.2 Å². The molecule has 0 aliphatic carbocycles. The lowest BCUT2D eigenvalue weighted by Crippen LogP contribution is -2.25. The van der Waals surface area contributed by atoms with Gasteiger partial charge in [-0.2, -0.15) is 0 Å². The molecule has 0 unspecified atom stereocenters. The molecule has 17 heavy (non-hydrogen) atoms. The zero-order chi connectivity index (χ0) is 13.1. The zero-order valence-corrected chi connectivity index (χ0v) is 10.4. The summed E-state index contributed by atoms with van der Waals surface area (Å²) in [5.41, 5.74) is 0.641. The molecule has 0 aliphatic heterocycles. The third-order valence-corrected chi connectivity index (χ3v) is 3.66. The Morgan fingerprint density at radius 3 is 2.29 bits per heavy atom. The summed E-state index contributed by atoms with van der Waals surface area (Å²) in [6, 6.07) is 5.99. The summed E-state index contributed by atoms with van der Waals surface area (Å²) in [5, 5.41) is 8.62. The quantitative estimate of drug-likeness (QED) is 0.783. The van der Waals surface area contributed by atoms with E-state index in [1.165, 1.54) is 24.1 Å². The van der Waals surface area contributed by atoms with Crippen molar-refractivity contribution in [3.63, 3.8) is 0 Å². The second-order valence-corrected chi connectivity index (χ2v) is 5.34. The van der Waals surface area contributed by atoms with Crippen LogP contribution in [0.25, 0.3) is 0 Å². The van der Waals surface area contributed by atoms with Gasteiger partial charge in [-0.25, -0.2) is 13.1 Å². The molecular formula is C10H14N2O4S. The van der Waals surface area contributed by atoms with E-state index in [0.29, 0.717) is 5.69 Å². The van der Waals surface area contributed by atoms with Crippen LogP contribution < -0.4 is 9.62 Å². The second-order valence-electron chi connectivity index (χ2n) is 3.45. The minimum absolute atomic E-state index is 0.141. The molecule has 1 aromatic rings. The number of likely N-dealkylation sites (N-methyl/N-ethyl adjacent to an activating group) is 1. The molecule has 0 aromatic heterocycles. The number of anilines is 1. The monoisotopic (exact) mass is 258 g/mol. The van der Waals surface area contributed by atoms with Gasteiger partial charge < -0.3 is 10.0 Å². The molecule has 1 rings (SSSR count). The Balaban J connectivity index is 2.92. The van der Waals surface area contributed by atoms with Crippen LogP contribution in [0, 0.1) is 0 Å². The minimum Gasteiger partial charge on any atom is -0.480 e. The summed E-state index contributed by atoms with van der Waals surface area (Å²) in [6.07, 6.45) is 0. The number of hydrogen-bond donors (Lipinski definition) is 2. The third kappa shape index (κ3) is 3.43. The van der Waals surface area contributed by atoms with Crippen molar-refractivity contribution in [1.29, 1.82) is 0 Å². The highest BCUT2D eigenvalue weighted by Gasteiger charge is 2.12. The van der Waals surface area contributed by atoms with Crippen LogP contribution in [0.2, 0.25) is 0 Å². The predicted molar refractivity (Wildman–Crippen MR) is 63.6 cm³/mol. The fourth-order valence-corrected chi connectivity index (χ4v) is 2.02. The Hall–Kier alpha value is -1.60. The molecule has 2 N–H and O–H groups in total. The van der Waals surface area contributed by atoms with Gasteiger partial charge >= 0.3 is 5.97 Å². The molecule has 7 heteroatoms. The maximum atomic E-state index is 11.4. The van der Waals surface area contributed by atoms with Crippen molar-refractivity contribution >= 4 is 21.7 Å². The van der Waals surface area contributed by atoms with E-state index < -0.39 is 16.0 Å². The van der Waals surface area contributed by atoms with Crippen LogP contribution in [-0.4, -0.2) is 40.1 Å². The van der Waals surface area contributed by atoms with Crippen LogP contribution in [0.5, 0.6) is 0 Å². The highest BCUT2D eigenvalue weighted by molar-refractivity contribution is 7.89. The van der Waals surface area contributed by atoms with Crippen LogP contribution in [-0.2, 0) is 14.8 Å². The van der Waals surface area contributed by atoms with E-state index in [-0.39, 0.29) is 11.4 Å². The summed E-state index contributed by atoms with van der Waals surface area (Å²) in [4.78, 5) is 12.2. The van der Waals surface area contributed by atoms with Gasteiger partial charge in [0.15, 0.2) is 0 Å². The number of benzene rings is 1. The highest BCUT2D eigenvalue weighted by Crippen LogP contribution is 2.16. The maximum absolute atomic E-state index is 11.4. The molecule has 94 valence electrons. The Labute approximate surface area is 99.9 Å². The molecule has 0 aliphatic rings. The van der Waals surface area contributed by atoms with Gasteiger partial charge in [-0.1, -0.05) is 0 Å². The normalized spacial score (nSPS) is 11.2. The van der Waals surface area contributed by atoms with Crippen molar-refractivity contribution in [3.05, 3.63) is 24.3 Å². The highest BCUT2D eigenvalue weighted by atomic mass is 32.2. The van der Waals surface area contributed by atoms with Crippen LogP contribution in [0.15, 0.2) is 29.2 Å². The third-order valence-electron chi connectivity index (χ3n) is 2.23. The Kier molecular flexibility index (Phi) is 4.08. The molecular weight excluding hydrogens is 244 g/mol. The number of carboxylic acid groups (broad SMARTS) is 1. The molecule has 6 nitrogen and oxygen atoms in total. The number of nitrogens with one attached hydrogen (secondary N) is 1. The van der Waals surface area contributed by atoms with Gasteiger partial charge in [0.05, 0.1) is 4.90 Å². The van der Waals surface area contributed by atoms with Crippen LogP contribution in [0.4, 0.5) is 5.69 Å². The summed E-state index contributed by atoms with van der Waals surface area (Å²) in [5.74, 6) is -0.945. The summed E-state index contributed by atoms with van der Waals surface area (Å²) >= 11 is 0. The SMILES string of the molecule is CNS(=O)(=O)c1ccc(N(C)CC(=O)O)cc1. The lowest BCUT2D eigenvalue weighted by molar-refractivity contribution is -0.135. The first-order chi connectivity index (χ1) is 7.86. The van der Waals surface area contributed by atoms with E-state index in [0.717, 1.165) is 0 Å². The van der Waals surface area contributed by atoms with E-state index in [9.17, 15) is 13.2 Å². The number of aliphatic carboxylic acids is 1. The maximum Gasteiger partial charge on any atom is 0.323 e. The summed E-state index contributed by atoms with van der Waals surface area (Å²) < 4.78 is 25.1. The first-order valence-corrected chi connectivity index (χ1v) is 6.31. The topological polar surface area (TPSA) is 86.7 Å². The first-order valence-electron chi connectivity index (χ1n) is 4.83. The number of carbonyl (C=O) groups is 1.